The Hall–Kier alpha value is -0.120. The Morgan fingerprint density at radius 3 is 2.36 bits per heavy atom. The van der Waals surface area contributed by atoms with Crippen LogP contribution in [0.25, 0.3) is 0 Å². The summed E-state index contributed by atoms with van der Waals surface area (Å²) in [6.45, 7) is 12.5. The van der Waals surface area contributed by atoms with E-state index in [0.29, 0.717) is 12.1 Å². The Morgan fingerprint density at radius 2 is 1.79 bits per heavy atom. The highest BCUT2D eigenvalue weighted by Gasteiger charge is 2.16. The summed E-state index contributed by atoms with van der Waals surface area (Å²) in [7, 11) is 0. The lowest BCUT2D eigenvalue weighted by Crippen LogP contribution is -2.39. The Morgan fingerprint density at radius 1 is 1.07 bits per heavy atom. The Labute approximate surface area is 88.2 Å². The zero-order valence-corrected chi connectivity index (χ0v) is 9.87. The Bertz CT molecular complexity index is 157. The topological polar surface area (TPSA) is 32.5 Å². The lowest BCUT2D eigenvalue weighted by Gasteiger charge is -2.25. The van der Waals surface area contributed by atoms with Crippen LogP contribution in [0.2, 0.25) is 0 Å². The fourth-order valence-corrected chi connectivity index (χ4v) is 2.10. The molecule has 0 saturated carbocycles. The molecular weight excluding hydrogens is 174 g/mol. The number of hydrogen-bond donors (Lipinski definition) is 1. The highest BCUT2D eigenvalue weighted by atomic mass is 15.2. The van der Waals surface area contributed by atoms with Crippen molar-refractivity contribution in [2.75, 3.05) is 32.7 Å². The summed E-state index contributed by atoms with van der Waals surface area (Å²) in [5.74, 6) is 0. The van der Waals surface area contributed by atoms with E-state index >= 15 is 0 Å². The first kappa shape index (κ1) is 12.0. The maximum absolute atomic E-state index is 5.81. The average Bonchev–Trinajstić information content (AvgIpc) is 2.28. The van der Waals surface area contributed by atoms with Crippen molar-refractivity contribution in [3.05, 3.63) is 0 Å². The van der Waals surface area contributed by atoms with Gasteiger partial charge in [-0.05, 0) is 40.3 Å². The van der Waals surface area contributed by atoms with Gasteiger partial charge in [-0.1, -0.05) is 0 Å². The van der Waals surface area contributed by atoms with Crippen LogP contribution in [0, 0.1) is 0 Å². The summed E-state index contributed by atoms with van der Waals surface area (Å²) in [5, 5.41) is 0. The maximum Gasteiger partial charge on any atom is 0.0139 e. The molecule has 0 radical (unpaired) electrons. The predicted octanol–water partition coefficient (Wildman–Crippen LogP) is 0.750. The minimum atomic E-state index is 0.306. The van der Waals surface area contributed by atoms with Gasteiger partial charge in [0.15, 0.2) is 0 Å². The van der Waals surface area contributed by atoms with E-state index < -0.39 is 0 Å². The van der Waals surface area contributed by atoms with Gasteiger partial charge in [0.25, 0.3) is 0 Å². The van der Waals surface area contributed by atoms with Crippen molar-refractivity contribution in [3.63, 3.8) is 0 Å². The Kier molecular flexibility index (Phi) is 4.85. The van der Waals surface area contributed by atoms with Gasteiger partial charge < -0.3 is 10.6 Å². The molecule has 0 bridgehead atoms. The van der Waals surface area contributed by atoms with Gasteiger partial charge in [0.1, 0.15) is 0 Å². The molecule has 1 atom stereocenters. The summed E-state index contributed by atoms with van der Waals surface area (Å²) >= 11 is 0. The normalized spacial score (nSPS) is 23.8. The van der Waals surface area contributed by atoms with Crippen LogP contribution >= 0.6 is 0 Å². The van der Waals surface area contributed by atoms with Gasteiger partial charge >= 0.3 is 0 Å². The predicted molar refractivity (Wildman–Crippen MR) is 61.4 cm³/mol. The van der Waals surface area contributed by atoms with E-state index in [1.165, 1.54) is 32.6 Å². The maximum atomic E-state index is 5.81. The molecule has 0 aliphatic carbocycles. The second-order valence-corrected chi connectivity index (χ2v) is 4.76. The minimum absolute atomic E-state index is 0.306. The highest BCUT2D eigenvalue weighted by molar-refractivity contribution is 4.73. The van der Waals surface area contributed by atoms with Crippen LogP contribution in [0.1, 0.15) is 27.2 Å². The molecule has 2 N–H and O–H groups in total. The van der Waals surface area contributed by atoms with Gasteiger partial charge in [-0.2, -0.15) is 0 Å². The molecule has 0 aromatic rings. The standard InChI is InChI=1S/C11H25N3/c1-10(2)14-6-4-5-13(7-8-14)9-11(3)12/h10-11H,4-9,12H2,1-3H3. The van der Waals surface area contributed by atoms with Crippen molar-refractivity contribution in [1.29, 1.82) is 0 Å². The minimum Gasteiger partial charge on any atom is -0.327 e. The summed E-state index contributed by atoms with van der Waals surface area (Å²) in [6.07, 6.45) is 1.28. The van der Waals surface area contributed by atoms with E-state index in [9.17, 15) is 0 Å². The van der Waals surface area contributed by atoms with Crippen LogP contribution in [-0.4, -0.2) is 54.6 Å². The number of nitrogens with zero attached hydrogens (tertiary/aromatic N) is 2. The van der Waals surface area contributed by atoms with Crippen molar-refractivity contribution >= 4 is 0 Å². The first-order valence-electron chi connectivity index (χ1n) is 5.81. The van der Waals surface area contributed by atoms with Crippen LogP contribution in [0.5, 0.6) is 0 Å². The molecule has 3 heteroatoms. The molecule has 0 spiro atoms. The zero-order chi connectivity index (χ0) is 10.6. The second-order valence-electron chi connectivity index (χ2n) is 4.76. The third kappa shape index (κ3) is 3.95. The van der Waals surface area contributed by atoms with Crippen LogP contribution < -0.4 is 5.73 Å². The van der Waals surface area contributed by atoms with Crippen LogP contribution in [0.3, 0.4) is 0 Å². The quantitative estimate of drug-likeness (QED) is 0.728. The molecule has 0 aromatic carbocycles. The van der Waals surface area contributed by atoms with Gasteiger partial charge in [-0.15, -0.1) is 0 Å². The van der Waals surface area contributed by atoms with E-state index in [-0.39, 0.29) is 0 Å². The van der Waals surface area contributed by atoms with Gasteiger partial charge in [0.2, 0.25) is 0 Å². The van der Waals surface area contributed by atoms with Crippen molar-refractivity contribution in [1.82, 2.24) is 9.80 Å². The molecule has 1 saturated heterocycles. The van der Waals surface area contributed by atoms with E-state index in [1.54, 1.807) is 0 Å². The van der Waals surface area contributed by atoms with Crippen LogP contribution in [0.15, 0.2) is 0 Å². The van der Waals surface area contributed by atoms with Gasteiger partial charge in [-0.3, -0.25) is 4.90 Å². The molecule has 84 valence electrons. The molecule has 1 unspecified atom stereocenters. The van der Waals surface area contributed by atoms with E-state index in [4.69, 9.17) is 5.73 Å². The fraction of sp³-hybridized carbons (Fsp3) is 1.00. The fourth-order valence-electron chi connectivity index (χ4n) is 2.10. The lowest BCUT2D eigenvalue weighted by atomic mass is 10.3. The number of nitrogens with two attached hydrogens (primary N) is 1. The molecule has 1 heterocycles. The Balaban J connectivity index is 2.33. The summed E-state index contributed by atoms with van der Waals surface area (Å²) in [6, 6.07) is 0.992. The highest BCUT2D eigenvalue weighted by Crippen LogP contribution is 2.06. The van der Waals surface area contributed by atoms with Gasteiger partial charge in [0.05, 0.1) is 0 Å². The summed E-state index contributed by atoms with van der Waals surface area (Å²) in [4.78, 5) is 5.05. The largest absolute Gasteiger partial charge is 0.327 e. The van der Waals surface area contributed by atoms with Crippen LogP contribution in [0.4, 0.5) is 0 Å². The third-order valence-electron chi connectivity index (χ3n) is 2.90. The van der Waals surface area contributed by atoms with Gasteiger partial charge in [-0.25, -0.2) is 0 Å². The van der Waals surface area contributed by atoms with Crippen molar-refractivity contribution < 1.29 is 0 Å². The lowest BCUT2D eigenvalue weighted by molar-refractivity contribution is 0.217. The molecule has 1 rings (SSSR count). The summed E-state index contributed by atoms with van der Waals surface area (Å²) in [5.41, 5.74) is 5.81. The van der Waals surface area contributed by atoms with E-state index in [2.05, 4.69) is 30.6 Å². The van der Waals surface area contributed by atoms with Crippen molar-refractivity contribution in [3.8, 4) is 0 Å². The van der Waals surface area contributed by atoms with Crippen molar-refractivity contribution in [2.45, 2.75) is 39.3 Å². The molecule has 1 aliphatic heterocycles. The molecule has 1 aliphatic rings. The molecule has 0 amide bonds. The third-order valence-corrected chi connectivity index (χ3v) is 2.90. The average molecular weight is 199 g/mol. The molecule has 1 fully saturated rings. The van der Waals surface area contributed by atoms with Crippen molar-refractivity contribution in [2.24, 2.45) is 5.73 Å². The van der Waals surface area contributed by atoms with Crippen LogP contribution in [-0.2, 0) is 0 Å². The van der Waals surface area contributed by atoms with Gasteiger partial charge in [0, 0.05) is 31.7 Å². The first-order chi connectivity index (χ1) is 6.59. The molecule has 14 heavy (non-hydrogen) atoms. The summed E-state index contributed by atoms with van der Waals surface area (Å²) < 4.78 is 0. The SMILES string of the molecule is CC(N)CN1CCCN(C(C)C)CC1. The second kappa shape index (κ2) is 5.69. The number of rotatable bonds is 3. The zero-order valence-electron chi connectivity index (χ0n) is 9.87. The molecule has 3 nitrogen and oxygen atoms in total. The smallest absolute Gasteiger partial charge is 0.0139 e. The molecule has 0 aromatic heterocycles. The van der Waals surface area contributed by atoms with E-state index in [1.807, 2.05) is 0 Å². The monoisotopic (exact) mass is 199 g/mol. The number of hydrogen-bond acceptors (Lipinski definition) is 3. The van der Waals surface area contributed by atoms with E-state index in [0.717, 1.165) is 6.54 Å². The first-order valence-corrected chi connectivity index (χ1v) is 5.81. The molecular formula is C11H25N3.